The number of rotatable bonds is 5. The molecule has 0 aliphatic carbocycles. The van der Waals surface area contributed by atoms with Gasteiger partial charge in [0.25, 0.3) is 5.91 Å². The Bertz CT molecular complexity index is 1260. The first-order valence-corrected chi connectivity index (χ1v) is 9.98. The molecule has 0 bridgehead atoms. The number of carbonyl (C=O) groups excluding carboxylic acids is 1. The molecule has 1 heterocycles. The summed E-state index contributed by atoms with van der Waals surface area (Å²) in [5.41, 5.74) is 11.4. The van der Waals surface area contributed by atoms with Crippen LogP contribution in [0.2, 0.25) is 0 Å². The van der Waals surface area contributed by atoms with Gasteiger partial charge in [-0.15, -0.1) is 0 Å². The molecule has 158 valence electrons. The van der Waals surface area contributed by atoms with Gasteiger partial charge in [0.05, 0.1) is 5.56 Å². The molecule has 0 radical (unpaired) electrons. The molecule has 0 fully saturated rings. The number of hydrogen-bond donors (Lipinski definition) is 2. The van der Waals surface area contributed by atoms with Gasteiger partial charge >= 0.3 is 0 Å². The largest absolute Gasteiger partial charge is 0.455 e. The van der Waals surface area contributed by atoms with Crippen molar-refractivity contribution in [1.29, 1.82) is 0 Å². The molecule has 0 saturated carbocycles. The number of furan rings is 1. The van der Waals surface area contributed by atoms with Crippen LogP contribution in [0.4, 0.5) is 10.1 Å². The number of nitrogens with zero attached hydrogens (tertiary/aromatic N) is 1. The maximum absolute atomic E-state index is 13.5. The number of hydrogen-bond acceptors (Lipinski definition) is 4. The Balaban J connectivity index is 2.03. The minimum Gasteiger partial charge on any atom is -0.455 e. The first-order valence-electron chi connectivity index (χ1n) is 9.98. The second-order valence-electron chi connectivity index (χ2n) is 7.56. The number of fused-ring (bicyclic) bond motifs is 1. The van der Waals surface area contributed by atoms with Crippen molar-refractivity contribution in [3.05, 3.63) is 77.6 Å². The van der Waals surface area contributed by atoms with Crippen molar-refractivity contribution in [2.75, 3.05) is 26.0 Å². The lowest BCUT2D eigenvalue weighted by Crippen LogP contribution is -2.18. The summed E-state index contributed by atoms with van der Waals surface area (Å²) in [6.07, 6.45) is 0. The maximum Gasteiger partial charge on any atom is 0.255 e. The molecule has 1 amide bonds. The van der Waals surface area contributed by atoms with Crippen LogP contribution in [0.1, 0.15) is 15.9 Å². The smallest absolute Gasteiger partial charge is 0.255 e. The molecule has 0 saturated heterocycles. The number of anilines is 1. The summed E-state index contributed by atoms with van der Waals surface area (Å²) in [5, 5.41) is 3.39. The van der Waals surface area contributed by atoms with Gasteiger partial charge in [-0.1, -0.05) is 18.2 Å². The third-order valence-corrected chi connectivity index (χ3v) is 5.32. The topological polar surface area (TPSA) is 71.5 Å². The molecule has 5 nitrogen and oxygen atoms in total. The van der Waals surface area contributed by atoms with E-state index in [0.29, 0.717) is 34.4 Å². The molecule has 6 heteroatoms. The molecule has 4 aromatic rings. The molecule has 0 spiro atoms. The fourth-order valence-corrected chi connectivity index (χ4v) is 3.75. The van der Waals surface area contributed by atoms with Crippen LogP contribution in [0.3, 0.4) is 0 Å². The van der Waals surface area contributed by atoms with E-state index in [1.165, 1.54) is 12.1 Å². The Hall–Kier alpha value is -3.64. The maximum atomic E-state index is 13.5. The predicted molar refractivity (Wildman–Crippen MR) is 123 cm³/mol. The van der Waals surface area contributed by atoms with E-state index >= 15 is 0 Å². The van der Waals surface area contributed by atoms with Crippen LogP contribution in [0.5, 0.6) is 0 Å². The molecule has 0 atom stereocenters. The lowest BCUT2D eigenvalue weighted by molar-refractivity contribution is 0.0964. The average molecular weight is 417 g/mol. The second kappa shape index (κ2) is 8.24. The van der Waals surface area contributed by atoms with Gasteiger partial charge in [0.1, 0.15) is 17.2 Å². The second-order valence-corrected chi connectivity index (χ2v) is 7.56. The van der Waals surface area contributed by atoms with Crippen LogP contribution < -0.4 is 16.0 Å². The minimum atomic E-state index is -0.349. The molecular formula is C25H24FN3O2. The summed E-state index contributed by atoms with van der Waals surface area (Å²) >= 11 is 0. The van der Waals surface area contributed by atoms with Gasteiger partial charge < -0.3 is 20.4 Å². The fourth-order valence-electron chi connectivity index (χ4n) is 3.75. The molecule has 3 aromatic carbocycles. The van der Waals surface area contributed by atoms with Gasteiger partial charge in [-0.3, -0.25) is 4.79 Å². The highest BCUT2D eigenvalue weighted by Gasteiger charge is 2.23. The van der Waals surface area contributed by atoms with Crippen LogP contribution in [-0.2, 0) is 6.54 Å². The van der Waals surface area contributed by atoms with Crippen LogP contribution in [0.15, 0.2) is 65.1 Å². The Labute approximate surface area is 180 Å². The zero-order valence-corrected chi connectivity index (χ0v) is 17.7. The fraction of sp³-hybridized carbons (Fsp3) is 0.160. The third-order valence-electron chi connectivity index (χ3n) is 5.32. The average Bonchev–Trinajstić information content (AvgIpc) is 3.16. The number of nitrogens with two attached hydrogens (primary N) is 1. The van der Waals surface area contributed by atoms with E-state index in [4.69, 9.17) is 10.2 Å². The van der Waals surface area contributed by atoms with E-state index in [1.54, 1.807) is 19.2 Å². The quantitative estimate of drug-likeness (QED) is 0.490. The zero-order valence-electron chi connectivity index (χ0n) is 17.7. The standard InChI is InChI=1S/C25H24FN3O2/c1-28-25(30)23-20-12-19(17-6-4-5-15(11-17)14-27)21(29(2)3)13-22(20)31-24(23)16-7-9-18(26)10-8-16/h4-13H,14,27H2,1-3H3,(H,28,30). The number of amides is 1. The summed E-state index contributed by atoms with van der Waals surface area (Å²) < 4.78 is 19.6. The van der Waals surface area contributed by atoms with Gasteiger partial charge in [-0.2, -0.15) is 0 Å². The predicted octanol–water partition coefficient (Wildman–Crippen LogP) is 4.79. The summed E-state index contributed by atoms with van der Waals surface area (Å²) in [6, 6.07) is 17.9. The number of halogens is 1. The van der Waals surface area contributed by atoms with Crippen LogP contribution in [0.25, 0.3) is 33.4 Å². The highest BCUT2D eigenvalue weighted by atomic mass is 19.1. The molecule has 1 aromatic heterocycles. The highest BCUT2D eigenvalue weighted by Crippen LogP contribution is 2.40. The van der Waals surface area contributed by atoms with E-state index in [-0.39, 0.29) is 11.7 Å². The Morgan fingerprint density at radius 3 is 2.45 bits per heavy atom. The van der Waals surface area contributed by atoms with Gasteiger partial charge in [-0.25, -0.2) is 4.39 Å². The van der Waals surface area contributed by atoms with Crippen molar-refractivity contribution in [3.8, 4) is 22.5 Å². The van der Waals surface area contributed by atoms with Crippen molar-refractivity contribution in [3.63, 3.8) is 0 Å². The molecule has 0 unspecified atom stereocenters. The van der Waals surface area contributed by atoms with Gasteiger partial charge in [0.2, 0.25) is 0 Å². The van der Waals surface area contributed by atoms with Crippen molar-refractivity contribution in [1.82, 2.24) is 5.32 Å². The first kappa shape index (κ1) is 20.6. The van der Waals surface area contributed by atoms with E-state index in [0.717, 1.165) is 22.4 Å². The lowest BCUT2D eigenvalue weighted by Gasteiger charge is -2.18. The van der Waals surface area contributed by atoms with Gasteiger partial charge in [-0.05, 0) is 47.5 Å². The Morgan fingerprint density at radius 2 is 1.81 bits per heavy atom. The molecule has 0 aliphatic heterocycles. The molecule has 3 N–H and O–H groups in total. The van der Waals surface area contributed by atoms with E-state index in [9.17, 15) is 9.18 Å². The van der Waals surface area contributed by atoms with Crippen molar-refractivity contribution < 1.29 is 13.6 Å². The van der Waals surface area contributed by atoms with Gasteiger partial charge in [0.15, 0.2) is 0 Å². The number of nitrogens with one attached hydrogen (secondary N) is 1. The summed E-state index contributed by atoms with van der Waals surface area (Å²) in [6.45, 7) is 0.442. The van der Waals surface area contributed by atoms with Crippen molar-refractivity contribution in [2.45, 2.75) is 6.54 Å². The van der Waals surface area contributed by atoms with Crippen LogP contribution in [0, 0.1) is 5.82 Å². The Morgan fingerprint density at radius 1 is 1.06 bits per heavy atom. The third kappa shape index (κ3) is 3.78. The first-order chi connectivity index (χ1) is 14.9. The normalized spacial score (nSPS) is 11.0. The highest BCUT2D eigenvalue weighted by molar-refractivity contribution is 6.12. The summed E-state index contributed by atoms with van der Waals surface area (Å²) in [5.74, 6) is -0.206. The van der Waals surface area contributed by atoms with Crippen LogP contribution >= 0.6 is 0 Å². The number of carbonyl (C=O) groups is 1. The molecule has 31 heavy (non-hydrogen) atoms. The van der Waals surface area contributed by atoms with E-state index in [2.05, 4.69) is 11.4 Å². The van der Waals surface area contributed by atoms with Crippen molar-refractivity contribution in [2.24, 2.45) is 5.73 Å². The zero-order chi connectivity index (χ0) is 22.1. The summed E-state index contributed by atoms with van der Waals surface area (Å²) in [7, 11) is 5.50. The van der Waals surface area contributed by atoms with E-state index < -0.39 is 0 Å². The molecule has 0 aliphatic rings. The van der Waals surface area contributed by atoms with Crippen LogP contribution in [-0.4, -0.2) is 27.1 Å². The minimum absolute atomic E-state index is 0.266. The SMILES string of the molecule is CNC(=O)c1c(-c2ccc(F)cc2)oc2cc(N(C)C)c(-c3cccc(CN)c3)cc12. The number of benzene rings is 3. The molecular weight excluding hydrogens is 393 g/mol. The summed E-state index contributed by atoms with van der Waals surface area (Å²) in [4.78, 5) is 14.8. The molecule has 4 rings (SSSR count). The van der Waals surface area contributed by atoms with Gasteiger partial charge in [0, 0.05) is 56.0 Å². The lowest BCUT2D eigenvalue weighted by atomic mass is 9.97. The Kier molecular flexibility index (Phi) is 5.48. The van der Waals surface area contributed by atoms with Crippen molar-refractivity contribution >= 4 is 22.6 Å². The van der Waals surface area contributed by atoms with E-state index in [1.807, 2.05) is 49.3 Å². The monoisotopic (exact) mass is 417 g/mol.